The summed E-state index contributed by atoms with van der Waals surface area (Å²) in [4.78, 5) is 17.7. The predicted octanol–water partition coefficient (Wildman–Crippen LogP) is 7.03. The minimum absolute atomic E-state index is 0.170. The van der Waals surface area contributed by atoms with Crippen LogP contribution in [0.1, 0.15) is 40.5 Å². The second kappa shape index (κ2) is 9.26. The number of hydrogen-bond acceptors (Lipinski definition) is 4. The molecule has 2 aromatic carbocycles. The van der Waals surface area contributed by atoms with Crippen LogP contribution in [0.5, 0.6) is 0 Å². The van der Waals surface area contributed by atoms with Gasteiger partial charge in [-0.1, -0.05) is 49.4 Å². The van der Waals surface area contributed by atoms with Crippen molar-refractivity contribution in [2.24, 2.45) is 5.92 Å². The minimum atomic E-state index is -4.46. The molecule has 0 saturated carbocycles. The van der Waals surface area contributed by atoms with Gasteiger partial charge in [0.2, 0.25) is 5.13 Å². The van der Waals surface area contributed by atoms with Gasteiger partial charge in [0.15, 0.2) is 5.69 Å². The van der Waals surface area contributed by atoms with Gasteiger partial charge >= 0.3 is 12.1 Å². The first kappa shape index (κ1) is 24.6. The van der Waals surface area contributed by atoms with E-state index in [1.54, 1.807) is 13.0 Å². The van der Waals surface area contributed by atoms with E-state index in [0.29, 0.717) is 28.9 Å². The number of hydrogen-bond donors (Lipinski definition) is 1. The summed E-state index contributed by atoms with van der Waals surface area (Å²) in [5.74, 6) is -1.55. The van der Waals surface area contributed by atoms with Crippen LogP contribution in [0.15, 0.2) is 48.5 Å². The average Bonchev–Trinajstić information content (AvgIpc) is 3.33. The summed E-state index contributed by atoms with van der Waals surface area (Å²) < 4.78 is 54.1. The molecule has 0 unspecified atom stereocenters. The van der Waals surface area contributed by atoms with Crippen molar-refractivity contribution < 1.29 is 27.5 Å². The molecule has 0 aliphatic carbocycles. The number of aryl methyl sites for hydroxylation is 1. The molecule has 0 bridgehead atoms. The molecule has 0 aliphatic rings. The second-order valence-electron chi connectivity index (χ2n) is 8.48. The molecule has 0 spiro atoms. The fraction of sp³-hybridized carbons (Fsp3) is 0.240. The Labute approximate surface area is 202 Å². The highest BCUT2D eigenvalue weighted by Gasteiger charge is 2.31. The number of nitrogens with zero attached hydrogens (tertiary/aromatic N) is 3. The summed E-state index contributed by atoms with van der Waals surface area (Å²) >= 11 is 1.23. The Morgan fingerprint density at radius 2 is 1.80 bits per heavy atom. The van der Waals surface area contributed by atoms with Crippen LogP contribution >= 0.6 is 11.3 Å². The number of carbonyl (C=O) groups is 1. The Kier molecular flexibility index (Phi) is 6.50. The molecule has 0 atom stereocenters. The molecule has 5 nitrogen and oxygen atoms in total. The SMILES string of the molecule is Cc1nn(-c2nc(-c3ccc(C(F)(F)F)cc3)c(CC(C)C)s2)c(C(=O)O)c1-c1cccc(F)c1. The van der Waals surface area contributed by atoms with Crippen LogP contribution in [0.25, 0.3) is 27.5 Å². The molecule has 10 heteroatoms. The molecule has 0 saturated heterocycles. The summed E-state index contributed by atoms with van der Waals surface area (Å²) in [6.45, 7) is 5.63. The van der Waals surface area contributed by atoms with Crippen molar-refractivity contribution in [2.45, 2.75) is 33.4 Å². The lowest BCUT2D eigenvalue weighted by Crippen LogP contribution is -2.09. The average molecular weight is 504 g/mol. The van der Waals surface area contributed by atoms with Crippen LogP contribution in [-0.4, -0.2) is 25.8 Å². The first-order valence-electron chi connectivity index (χ1n) is 10.7. The van der Waals surface area contributed by atoms with Gasteiger partial charge in [-0.05, 0) is 49.1 Å². The number of thiazole rings is 1. The summed E-state index contributed by atoms with van der Waals surface area (Å²) in [6, 6.07) is 10.3. The van der Waals surface area contributed by atoms with Gasteiger partial charge < -0.3 is 5.11 Å². The Morgan fingerprint density at radius 3 is 2.37 bits per heavy atom. The lowest BCUT2D eigenvalue weighted by molar-refractivity contribution is -0.137. The standard InChI is InChI=1S/C25H21F4N3O2S/c1-13(2)11-19-21(15-7-9-17(10-8-15)25(27,28)29)30-24(35-19)32-22(23(33)34)20(14(3)31-32)16-5-4-6-18(26)12-16/h4-10,12-13H,11H2,1-3H3,(H,33,34). The van der Waals surface area contributed by atoms with Gasteiger partial charge in [-0.2, -0.15) is 23.0 Å². The van der Waals surface area contributed by atoms with E-state index in [0.717, 1.165) is 17.0 Å². The lowest BCUT2D eigenvalue weighted by atomic mass is 10.0. The van der Waals surface area contributed by atoms with E-state index in [9.17, 15) is 27.5 Å². The molecule has 2 aromatic heterocycles. The van der Waals surface area contributed by atoms with E-state index in [4.69, 9.17) is 0 Å². The van der Waals surface area contributed by atoms with Gasteiger partial charge in [0, 0.05) is 16.0 Å². The van der Waals surface area contributed by atoms with E-state index >= 15 is 0 Å². The quantitative estimate of drug-likeness (QED) is 0.287. The highest BCUT2D eigenvalue weighted by atomic mass is 32.1. The molecule has 182 valence electrons. The molecule has 35 heavy (non-hydrogen) atoms. The number of rotatable bonds is 6. The fourth-order valence-electron chi connectivity index (χ4n) is 3.83. The molecule has 0 fully saturated rings. The molecule has 4 aromatic rings. The molecule has 2 heterocycles. The number of aromatic carboxylic acids is 1. The zero-order chi connectivity index (χ0) is 25.5. The van der Waals surface area contributed by atoms with Gasteiger partial charge in [0.05, 0.1) is 17.0 Å². The fourth-order valence-corrected chi connectivity index (χ4v) is 5.09. The second-order valence-corrected chi connectivity index (χ2v) is 9.54. The number of alkyl halides is 3. The lowest BCUT2D eigenvalue weighted by Gasteiger charge is -2.08. The van der Waals surface area contributed by atoms with Gasteiger partial charge in [0.1, 0.15) is 5.82 Å². The van der Waals surface area contributed by atoms with Gasteiger partial charge in [-0.3, -0.25) is 0 Å². The minimum Gasteiger partial charge on any atom is -0.476 e. The zero-order valence-electron chi connectivity index (χ0n) is 19.0. The third-order valence-corrected chi connectivity index (χ3v) is 6.38. The summed E-state index contributed by atoms with van der Waals surface area (Å²) in [5.41, 5.74) is 1.05. The number of carboxylic acids is 1. The normalized spacial score (nSPS) is 11.9. The number of benzene rings is 2. The van der Waals surface area contributed by atoms with E-state index in [-0.39, 0.29) is 22.3 Å². The molecular formula is C25H21F4N3O2S. The van der Waals surface area contributed by atoms with Crippen LogP contribution in [0.2, 0.25) is 0 Å². The number of aromatic nitrogens is 3. The topological polar surface area (TPSA) is 68.0 Å². The molecule has 4 rings (SSSR count). The monoisotopic (exact) mass is 503 g/mol. The van der Waals surface area contributed by atoms with Crippen molar-refractivity contribution in [1.29, 1.82) is 0 Å². The maximum Gasteiger partial charge on any atom is 0.416 e. The highest BCUT2D eigenvalue weighted by molar-refractivity contribution is 7.14. The Morgan fingerprint density at radius 1 is 1.11 bits per heavy atom. The van der Waals surface area contributed by atoms with Crippen molar-refractivity contribution in [1.82, 2.24) is 14.8 Å². The first-order chi connectivity index (χ1) is 16.5. The van der Waals surface area contributed by atoms with Crippen LogP contribution in [0.4, 0.5) is 17.6 Å². The zero-order valence-corrected chi connectivity index (χ0v) is 19.8. The summed E-state index contributed by atoms with van der Waals surface area (Å²) in [7, 11) is 0. The first-order valence-corrected chi connectivity index (χ1v) is 11.5. The van der Waals surface area contributed by atoms with E-state index in [1.807, 2.05) is 13.8 Å². The molecule has 0 aliphatic heterocycles. The van der Waals surface area contributed by atoms with Crippen molar-refractivity contribution in [3.8, 4) is 27.5 Å². The largest absolute Gasteiger partial charge is 0.476 e. The number of carboxylic acid groups (broad SMARTS) is 1. The Bertz CT molecular complexity index is 1390. The van der Waals surface area contributed by atoms with E-state index in [2.05, 4.69) is 10.1 Å². The van der Waals surface area contributed by atoms with Crippen LogP contribution in [0, 0.1) is 18.7 Å². The van der Waals surface area contributed by atoms with Crippen molar-refractivity contribution in [2.75, 3.05) is 0 Å². The maximum absolute atomic E-state index is 13.9. The Hall–Kier alpha value is -3.53. The van der Waals surface area contributed by atoms with Gasteiger partial charge in [0.25, 0.3) is 0 Å². The molecular weight excluding hydrogens is 482 g/mol. The maximum atomic E-state index is 13.9. The predicted molar refractivity (Wildman–Crippen MR) is 125 cm³/mol. The van der Waals surface area contributed by atoms with Crippen LogP contribution in [0.3, 0.4) is 0 Å². The van der Waals surface area contributed by atoms with E-state index in [1.165, 1.54) is 46.4 Å². The third-order valence-electron chi connectivity index (χ3n) is 5.32. The van der Waals surface area contributed by atoms with Gasteiger partial charge in [-0.25, -0.2) is 14.2 Å². The smallest absolute Gasteiger partial charge is 0.416 e. The summed E-state index contributed by atoms with van der Waals surface area (Å²) in [5, 5.41) is 14.7. The van der Waals surface area contributed by atoms with Crippen LogP contribution < -0.4 is 0 Å². The van der Waals surface area contributed by atoms with Crippen LogP contribution in [-0.2, 0) is 12.6 Å². The van der Waals surface area contributed by atoms with E-state index < -0.39 is 23.5 Å². The Balaban J connectivity index is 1.88. The summed E-state index contributed by atoms with van der Waals surface area (Å²) in [6.07, 6.45) is -3.86. The van der Waals surface area contributed by atoms with Crippen molar-refractivity contribution in [3.63, 3.8) is 0 Å². The van der Waals surface area contributed by atoms with Crippen molar-refractivity contribution >= 4 is 17.3 Å². The third kappa shape index (κ3) is 4.97. The van der Waals surface area contributed by atoms with Crippen molar-refractivity contribution in [3.05, 3.63) is 76.2 Å². The molecule has 0 radical (unpaired) electrons. The molecule has 1 N–H and O–H groups in total. The number of halogens is 4. The molecule has 0 amide bonds. The highest BCUT2D eigenvalue weighted by Crippen LogP contribution is 2.37. The van der Waals surface area contributed by atoms with Gasteiger partial charge in [-0.15, -0.1) is 0 Å².